The monoisotopic (exact) mass is 447 g/mol. The Bertz CT molecular complexity index is 1130. The van der Waals surface area contributed by atoms with Crippen LogP contribution in [0, 0.1) is 12.7 Å². The first-order valence-electron chi connectivity index (χ1n) is 9.00. The molecule has 0 saturated carbocycles. The summed E-state index contributed by atoms with van der Waals surface area (Å²) in [5.41, 5.74) is 1.15. The topological polar surface area (TPSA) is 107 Å². The first-order valence-corrected chi connectivity index (χ1v) is 9.38. The molecule has 162 valence electrons. The lowest BCUT2D eigenvalue weighted by Crippen LogP contribution is -2.21. The molecule has 3 rings (SSSR count). The van der Waals surface area contributed by atoms with E-state index in [0.29, 0.717) is 28.6 Å². The van der Waals surface area contributed by atoms with Gasteiger partial charge in [-0.2, -0.15) is 0 Å². The molecule has 0 saturated heterocycles. The Labute approximate surface area is 182 Å². The van der Waals surface area contributed by atoms with Gasteiger partial charge in [-0.05, 0) is 37.3 Å². The van der Waals surface area contributed by atoms with Crippen LogP contribution < -0.4 is 20.1 Å². The third kappa shape index (κ3) is 5.10. The van der Waals surface area contributed by atoms with Gasteiger partial charge in [0.25, 0.3) is 5.91 Å². The Hall–Kier alpha value is -3.66. The summed E-state index contributed by atoms with van der Waals surface area (Å²) < 4.78 is 24.9. The van der Waals surface area contributed by atoms with E-state index in [1.54, 1.807) is 25.1 Å². The van der Waals surface area contributed by atoms with Crippen molar-refractivity contribution in [2.45, 2.75) is 13.5 Å². The molecule has 0 aliphatic rings. The number of nitrogens with zero attached hydrogens (tertiary/aromatic N) is 3. The maximum absolute atomic E-state index is 13.2. The molecule has 0 radical (unpaired) electrons. The Morgan fingerprint density at radius 3 is 2.58 bits per heavy atom. The Kier molecular flexibility index (Phi) is 6.71. The highest BCUT2D eigenvalue weighted by atomic mass is 35.5. The van der Waals surface area contributed by atoms with Gasteiger partial charge >= 0.3 is 0 Å². The number of rotatable bonds is 7. The van der Waals surface area contributed by atoms with Crippen molar-refractivity contribution in [1.82, 2.24) is 15.0 Å². The molecule has 0 aliphatic carbocycles. The molecule has 3 aromatic rings. The van der Waals surface area contributed by atoms with E-state index < -0.39 is 17.6 Å². The Morgan fingerprint density at radius 2 is 1.90 bits per heavy atom. The number of benzene rings is 2. The number of carbonyl (C=O) groups excluding carboxylic acids is 2. The van der Waals surface area contributed by atoms with Gasteiger partial charge in [0.1, 0.15) is 23.9 Å². The van der Waals surface area contributed by atoms with Gasteiger partial charge < -0.3 is 20.1 Å². The minimum atomic E-state index is -0.588. The van der Waals surface area contributed by atoms with Crippen molar-refractivity contribution in [2.75, 3.05) is 24.9 Å². The van der Waals surface area contributed by atoms with E-state index in [-0.39, 0.29) is 17.3 Å². The number of nitrogens with one attached hydrogen (secondary N) is 2. The molecule has 2 amide bonds. The second-order valence-corrected chi connectivity index (χ2v) is 6.79. The number of aromatic nitrogens is 3. The molecule has 2 N–H and O–H groups in total. The number of amides is 2. The number of carbonyl (C=O) groups is 2. The quantitative estimate of drug-likeness (QED) is 0.575. The van der Waals surface area contributed by atoms with Crippen LogP contribution in [0.25, 0.3) is 0 Å². The number of hydrogen-bond acceptors (Lipinski definition) is 6. The van der Waals surface area contributed by atoms with Gasteiger partial charge in [-0.25, -0.2) is 9.07 Å². The number of hydrogen-bond donors (Lipinski definition) is 2. The molecule has 2 aromatic carbocycles. The van der Waals surface area contributed by atoms with Gasteiger partial charge in [0.15, 0.2) is 5.69 Å². The van der Waals surface area contributed by atoms with Crippen molar-refractivity contribution in [3.8, 4) is 11.5 Å². The molecule has 1 heterocycles. The summed E-state index contributed by atoms with van der Waals surface area (Å²) in [5.74, 6) is -0.584. The normalized spacial score (nSPS) is 10.5. The smallest absolute Gasteiger partial charge is 0.278 e. The molecule has 0 atom stereocenters. The molecule has 0 aliphatic heterocycles. The van der Waals surface area contributed by atoms with Crippen LogP contribution in [0.5, 0.6) is 11.5 Å². The lowest BCUT2D eigenvalue weighted by atomic mass is 10.2. The summed E-state index contributed by atoms with van der Waals surface area (Å²) >= 11 is 5.71. The summed E-state index contributed by atoms with van der Waals surface area (Å²) in [6, 6.07) is 8.79. The third-order valence-electron chi connectivity index (χ3n) is 4.35. The zero-order valence-electron chi connectivity index (χ0n) is 16.9. The molecule has 0 spiro atoms. The van der Waals surface area contributed by atoms with Gasteiger partial charge in [0.2, 0.25) is 5.91 Å². The first-order chi connectivity index (χ1) is 14.8. The summed E-state index contributed by atoms with van der Waals surface area (Å²) in [6.45, 7) is 1.41. The zero-order chi connectivity index (χ0) is 22.5. The van der Waals surface area contributed by atoms with Crippen molar-refractivity contribution in [3.63, 3.8) is 0 Å². The fraction of sp³-hybridized carbons (Fsp3) is 0.200. The van der Waals surface area contributed by atoms with Gasteiger partial charge in [0, 0.05) is 11.8 Å². The average molecular weight is 448 g/mol. The van der Waals surface area contributed by atoms with Crippen LogP contribution in [0.2, 0.25) is 5.02 Å². The van der Waals surface area contributed by atoms with Gasteiger partial charge in [-0.15, -0.1) is 5.10 Å². The molecule has 31 heavy (non-hydrogen) atoms. The second kappa shape index (κ2) is 9.43. The van der Waals surface area contributed by atoms with E-state index in [9.17, 15) is 14.0 Å². The molecule has 11 heteroatoms. The summed E-state index contributed by atoms with van der Waals surface area (Å²) in [4.78, 5) is 25.0. The van der Waals surface area contributed by atoms with Gasteiger partial charge in [0.05, 0.1) is 30.6 Å². The molecule has 0 unspecified atom stereocenters. The van der Waals surface area contributed by atoms with Crippen molar-refractivity contribution in [2.24, 2.45) is 0 Å². The van der Waals surface area contributed by atoms with Crippen molar-refractivity contribution in [3.05, 3.63) is 58.6 Å². The zero-order valence-corrected chi connectivity index (χ0v) is 17.7. The molecule has 0 fully saturated rings. The van der Waals surface area contributed by atoms with Crippen LogP contribution >= 0.6 is 11.6 Å². The second-order valence-electron chi connectivity index (χ2n) is 6.38. The minimum Gasteiger partial charge on any atom is -0.497 e. The van der Waals surface area contributed by atoms with Crippen LogP contribution in [-0.4, -0.2) is 41.0 Å². The predicted octanol–water partition coefficient (Wildman–Crippen LogP) is 3.29. The lowest BCUT2D eigenvalue weighted by Gasteiger charge is -2.11. The number of anilines is 2. The SMILES string of the molecule is COc1ccc(OC)c(NC(=O)c2nnn(CC(=O)Nc3ccc(F)c(Cl)c3)c2C)c1. The van der Waals surface area contributed by atoms with Crippen molar-refractivity contribution in [1.29, 1.82) is 0 Å². The number of methoxy groups -OCH3 is 2. The predicted molar refractivity (Wildman–Crippen MR) is 112 cm³/mol. The van der Waals surface area contributed by atoms with Crippen LogP contribution in [0.3, 0.4) is 0 Å². The van der Waals surface area contributed by atoms with Crippen LogP contribution in [0.4, 0.5) is 15.8 Å². The highest BCUT2D eigenvalue weighted by Crippen LogP contribution is 2.29. The number of ether oxygens (including phenoxy) is 2. The summed E-state index contributed by atoms with van der Waals surface area (Å²) in [6.07, 6.45) is 0. The summed E-state index contributed by atoms with van der Waals surface area (Å²) in [7, 11) is 2.99. The van der Waals surface area contributed by atoms with E-state index in [1.807, 2.05) is 0 Å². The van der Waals surface area contributed by atoms with E-state index in [2.05, 4.69) is 20.9 Å². The third-order valence-corrected chi connectivity index (χ3v) is 4.64. The van der Waals surface area contributed by atoms with Crippen molar-refractivity contribution >= 4 is 34.8 Å². The minimum absolute atomic E-state index is 0.0440. The maximum Gasteiger partial charge on any atom is 0.278 e. The molecule has 0 bridgehead atoms. The van der Waals surface area contributed by atoms with Crippen LogP contribution in [0.15, 0.2) is 36.4 Å². The molecular weight excluding hydrogens is 429 g/mol. The van der Waals surface area contributed by atoms with Crippen LogP contribution in [0.1, 0.15) is 16.2 Å². The number of halogens is 2. The van der Waals surface area contributed by atoms with E-state index in [0.717, 1.165) is 6.07 Å². The molecular formula is C20H19ClFN5O4. The van der Waals surface area contributed by atoms with E-state index in [1.165, 1.54) is 31.0 Å². The Morgan fingerprint density at radius 1 is 1.13 bits per heavy atom. The fourth-order valence-corrected chi connectivity index (χ4v) is 2.90. The lowest BCUT2D eigenvalue weighted by molar-refractivity contribution is -0.117. The highest BCUT2D eigenvalue weighted by molar-refractivity contribution is 6.31. The van der Waals surface area contributed by atoms with E-state index in [4.69, 9.17) is 21.1 Å². The standard InChI is InChI=1S/C20H19ClFN5O4/c1-11-19(20(29)24-16-9-13(30-2)5-7-17(16)31-3)25-26-27(11)10-18(28)23-12-4-6-15(22)14(21)8-12/h4-9H,10H2,1-3H3,(H,23,28)(H,24,29). The highest BCUT2D eigenvalue weighted by Gasteiger charge is 2.20. The molecule has 9 nitrogen and oxygen atoms in total. The first kappa shape index (κ1) is 22.0. The van der Waals surface area contributed by atoms with Crippen LogP contribution in [-0.2, 0) is 11.3 Å². The maximum atomic E-state index is 13.2. The van der Waals surface area contributed by atoms with Gasteiger partial charge in [-0.3, -0.25) is 9.59 Å². The van der Waals surface area contributed by atoms with E-state index >= 15 is 0 Å². The summed E-state index contributed by atoms with van der Waals surface area (Å²) in [5, 5.41) is 12.9. The van der Waals surface area contributed by atoms with Gasteiger partial charge in [-0.1, -0.05) is 16.8 Å². The Balaban J connectivity index is 1.71. The fourth-order valence-electron chi connectivity index (χ4n) is 2.72. The van der Waals surface area contributed by atoms with Crippen molar-refractivity contribution < 1.29 is 23.5 Å². The largest absolute Gasteiger partial charge is 0.497 e. The average Bonchev–Trinajstić information content (AvgIpc) is 3.10. The molecule has 1 aromatic heterocycles.